The zero-order valence-corrected chi connectivity index (χ0v) is 23.1. The highest BCUT2D eigenvalue weighted by atomic mass is 14.9. The highest BCUT2D eigenvalue weighted by molar-refractivity contribution is 5.77. The fourth-order valence-electron chi connectivity index (χ4n) is 5.21. The number of anilines is 2. The van der Waals surface area contributed by atoms with Crippen LogP contribution in [0.25, 0.3) is 27.8 Å². The number of allylic oxidation sites excluding steroid dienone is 2. The van der Waals surface area contributed by atoms with Crippen molar-refractivity contribution in [3.63, 3.8) is 0 Å². The third-order valence-electron chi connectivity index (χ3n) is 7.80. The van der Waals surface area contributed by atoms with Crippen molar-refractivity contribution < 1.29 is 0 Å². The highest BCUT2D eigenvalue weighted by Gasteiger charge is 2.25. The third kappa shape index (κ3) is 5.54. The summed E-state index contributed by atoms with van der Waals surface area (Å²) in [6, 6.07) is 43.1. The van der Waals surface area contributed by atoms with Crippen LogP contribution in [0.4, 0.5) is 11.4 Å². The van der Waals surface area contributed by atoms with Gasteiger partial charge >= 0.3 is 0 Å². The second-order valence-electron chi connectivity index (χ2n) is 10.8. The summed E-state index contributed by atoms with van der Waals surface area (Å²) in [6.45, 7) is 4.22. The topological polar surface area (TPSA) is 38.0 Å². The van der Waals surface area contributed by atoms with E-state index in [1.54, 1.807) is 0 Å². The largest absolute Gasteiger partial charge is 0.356 e. The average Bonchev–Trinajstić information content (AvgIpc) is 2.99. The van der Waals surface area contributed by atoms with Gasteiger partial charge in [-0.15, -0.1) is 0 Å². The zero-order chi connectivity index (χ0) is 27.5. The quantitative estimate of drug-likeness (QED) is 0.235. The Kier molecular flexibility index (Phi) is 6.94. The lowest BCUT2D eigenvalue weighted by Crippen LogP contribution is -2.35. The normalized spacial score (nSPS) is 16.4. The monoisotopic (exact) mass is 518 g/mol. The summed E-state index contributed by atoms with van der Waals surface area (Å²) < 4.78 is 0. The van der Waals surface area contributed by atoms with E-state index in [0.717, 1.165) is 23.4 Å². The average molecular weight is 519 g/mol. The van der Waals surface area contributed by atoms with Crippen LogP contribution in [0.3, 0.4) is 0 Å². The molecule has 0 heterocycles. The first kappa shape index (κ1) is 25.6. The SMILES string of the molecule is Cc1ccc(-c2ccc(Nc3ccc(C4=CCC(N)(c5ccc(-c6ccc(C)cc6)cc5)C=C4)cc3)cc2)cc1. The molecule has 3 N–H and O–H groups in total. The Hall–Kier alpha value is -4.66. The molecule has 196 valence electrons. The van der Waals surface area contributed by atoms with E-state index in [9.17, 15) is 0 Å². The summed E-state index contributed by atoms with van der Waals surface area (Å²) in [7, 11) is 0. The molecule has 0 radical (unpaired) electrons. The van der Waals surface area contributed by atoms with Crippen molar-refractivity contribution in [3.05, 3.63) is 162 Å². The summed E-state index contributed by atoms with van der Waals surface area (Å²) in [5, 5.41) is 3.52. The van der Waals surface area contributed by atoms with Crippen molar-refractivity contribution in [1.29, 1.82) is 0 Å². The van der Waals surface area contributed by atoms with Crippen LogP contribution in [0.1, 0.15) is 28.7 Å². The first-order valence-corrected chi connectivity index (χ1v) is 13.9. The van der Waals surface area contributed by atoms with Gasteiger partial charge in [0.25, 0.3) is 0 Å². The maximum atomic E-state index is 6.85. The molecule has 1 aliphatic rings. The van der Waals surface area contributed by atoms with Crippen LogP contribution in [-0.2, 0) is 5.54 Å². The molecule has 1 aliphatic carbocycles. The van der Waals surface area contributed by atoms with Crippen molar-refractivity contribution in [2.45, 2.75) is 25.8 Å². The predicted molar refractivity (Wildman–Crippen MR) is 171 cm³/mol. The second-order valence-corrected chi connectivity index (χ2v) is 10.8. The molecule has 5 aromatic carbocycles. The summed E-state index contributed by atoms with van der Waals surface area (Å²) in [5.74, 6) is 0. The van der Waals surface area contributed by atoms with E-state index in [0.29, 0.717) is 0 Å². The van der Waals surface area contributed by atoms with Crippen LogP contribution >= 0.6 is 0 Å². The lowest BCUT2D eigenvalue weighted by atomic mass is 9.81. The number of aryl methyl sites for hydroxylation is 2. The molecule has 1 atom stereocenters. The smallest absolute Gasteiger partial charge is 0.0633 e. The number of rotatable bonds is 6. The van der Waals surface area contributed by atoms with E-state index >= 15 is 0 Å². The molecule has 6 rings (SSSR count). The van der Waals surface area contributed by atoms with Crippen LogP contribution < -0.4 is 11.1 Å². The summed E-state index contributed by atoms with van der Waals surface area (Å²) in [6.07, 6.45) is 7.31. The molecule has 0 saturated carbocycles. The van der Waals surface area contributed by atoms with Gasteiger partial charge in [-0.1, -0.05) is 126 Å². The minimum Gasteiger partial charge on any atom is -0.356 e. The van der Waals surface area contributed by atoms with Crippen LogP contribution in [0.2, 0.25) is 0 Å². The van der Waals surface area contributed by atoms with Gasteiger partial charge < -0.3 is 11.1 Å². The lowest BCUT2D eigenvalue weighted by molar-refractivity contribution is 0.567. The van der Waals surface area contributed by atoms with Crippen molar-refractivity contribution in [2.24, 2.45) is 5.73 Å². The van der Waals surface area contributed by atoms with Gasteiger partial charge in [-0.2, -0.15) is 0 Å². The fraction of sp³-hybridized carbons (Fsp3) is 0.105. The molecule has 2 heteroatoms. The Bertz CT molecular complexity index is 1660. The Morgan fingerprint density at radius 1 is 0.525 bits per heavy atom. The van der Waals surface area contributed by atoms with Crippen LogP contribution in [-0.4, -0.2) is 0 Å². The van der Waals surface area contributed by atoms with E-state index in [2.05, 4.69) is 159 Å². The number of hydrogen-bond donors (Lipinski definition) is 2. The highest BCUT2D eigenvalue weighted by Crippen LogP contribution is 2.34. The molecule has 0 spiro atoms. The van der Waals surface area contributed by atoms with Crippen molar-refractivity contribution in [2.75, 3.05) is 5.32 Å². The van der Waals surface area contributed by atoms with E-state index in [1.807, 2.05) is 0 Å². The molecule has 2 nitrogen and oxygen atoms in total. The van der Waals surface area contributed by atoms with Crippen LogP contribution in [0, 0.1) is 13.8 Å². The van der Waals surface area contributed by atoms with Gasteiger partial charge in [0.15, 0.2) is 0 Å². The van der Waals surface area contributed by atoms with Gasteiger partial charge in [-0.05, 0) is 83.5 Å². The number of hydrogen-bond acceptors (Lipinski definition) is 2. The minimum absolute atomic E-state index is 0.498. The molecular formula is C38H34N2. The van der Waals surface area contributed by atoms with E-state index < -0.39 is 5.54 Å². The van der Waals surface area contributed by atoms with E-state index in [1.165, 1.54) is 44.5 Å². The predicted octanol–water partition coefficient (Wildman–Crippen LogP) is 9.58. The van der Waals surface area contributed by atoms with Crippen molar-refractivity contribution in [3.8, 4) is 22.3 Å². The first-order chi connectivity index (χ1) is 19.4. The second kappa shape index (κ2) is 10.8. The van der Waals surface area contributed by atoms with Crippen molar-refractivity contribution in [1.82, 2.24) is 0 Å². The number of nitrogens with one attached hydrogen (secondary N) is 1. The van der Waals surface area contributed by atoms with E-state index in [4.69, 9.17) is 5.73 Å². The molecule has 0 saturated heterocycles. The standard InChI is InChI=1S/C38H34N2/c1-27-3-7-29(8-4-27)31-11-17-35(18-12-31)38(39)25-23-34(24-26-38)33-15-21-37(22-16-33)40-36-19-13-32(14-20-36)30-9-5-28(2)6-10-30/h3-25,40H,26,39H2,1-2H3. The molecule has 0 fully saturated rings. The molecular weight excluding hydrogens is 484 g/mol. The van der Waals surface area contributed by atoms with Gasteiger partial charge in [-0.3, -0.25) is 0 Å². The Labute approximate surface area is 237 Å². The summed E-state index contributed by atoms with van der Waals surface area (Å²) in [4.78, 5) is 0. The van der Waals surface area contributed by atoms with Gasteiger partial charge in [-0.25, -0.2) is 0 Å². The Morgan fingerprint density at radius 3 is 1.35 bits per heavy atom. The molecule has 5 aromatic rings. The van der Waals surface area contributed by atoms with Crippen LogP contribution in [0.15, 0.2) is 140 Å². The summed E-state index contributed by atoms with van der Waals surface area (Å²) >= 11 is 0. The molecule has 0 bridgehead atoms. The lowest BCUT2D eigenvalue weighted by Gasteiger charge is -2.29. The van der Waals surface area contributed by atoms with Gasteiger partial charge in [0, 0.05) is 11.4 Å². The number of nitrogens with two attached hydrogens (primary N) is 1. The third-order valence-corrected chi connectivity index (χ3v) is 7.80. The van der Waals surface area contributed by atoms with E-state index in [-0.39, 0.29) is 0 Å². The first-order valence-electron chi connectivity index (χ1n) is 13.9. The van der Waals surface area contributed by atoms with Crippen LogP contribution in [0.5, 0.6) is 0 Å². The molecule has 0 aliphatic heterocycles. The van der Waals surface area contributed by atoms with Crippen molar-refractivity contribution >= 4 is 16.9 Å². The van der Waals surface area contributed by atoms with Gasteiger partial charge in [0.1, 0.15) is 0 Å². The Balaban J connectivity index is 1.10. The zero-order valence-electron chi connectivity index (χ0n) is 23.1. The number of benzene rings is 5. The van der Waals surface area contributed by atoms with Gasteiger partial charge in [0.05, 0.1) is 5.54 Å². The molecule has 0 aromatic heterocycles. The minimum atomic E-state index is -0.498. The maximum absolute atomic E-state index is 6.85. The molecule has 40 heavy (non-hydrogen) atoms. The maximum Gasteiger partial charge on any atom is 0.0633 e. The molecule has 0 amide bonds. The Morgan fingerprint density at radius 2 is 0.925 bits per heavy atom. The van der Waals surface area contributed by atoms with Gasteiger partial charge in [0.2, 0.25) is 0 Å². The molecule has 1 unspecified atom stereocenters. The fourth-order valence-corrected chi connectivity index (χ4v) is 5.21. The summed E-state index contributed by atoms with van der Waals surface area (Å²) in [5.41, 5.74) is 19.4.